The van der Waals surface area contributed by atoms with E-state index in [9.17, 15) is 18.0 Å². The van der Waals surface area contributed by atoms with E-state index in [1.54, 1.807) is 0 Å². The first-order chi connectivity index (χ1) is 5.92. The number of Topliss-reactive ketones (excluding diaryl/α,β-unsaturated/α-hetero) is 1. The lowest BCUT2D eigenvalue weighted by Crippen LogP contribution is -2.39. The molecule has 0 saturated heterocycles. The molecule has 1 nitrogen and oxygen atoms in total. The Balaban J connectivity index is 2.69. The molecule has 0 spiro atoms. The summed E-state index contributed by atoms with van der Waals surface area (Å²) in [5, 5.41) is 0. The van der Waals surface area contributed by atoms with E-state index in [4.69, 9.17) is 0 Å². The highest BCUT2D eigenvalue weighted by molar-refractivity contribution is 5.82. The average molecular weight is 194 g/mol. The van der Waals surface area contributed by atoms with Gasteiger partial charge in [-0.15, -0.1) is 0 Å². The third-order valence-electron chi connectivity index (χ3n) is 2.94. The average Bonchev–Trinajstić information content (AvgIpc) is 2.05. The Morgan fingerprint density at radius 2 is 1.69 bits per heavy atom. The van der Waals surface area contributed by atoms with Gasteiger partial charge in [0.25, 0.3) is 0 Å². The fourth-order valence-corrected chi connectivity index (χ4v) is 1.67. The van der Waals surface area contributed by atoms with E-state index in [1.807, 2.05) is 0 Å². The first-order valence-electron chi connectivity index (χ1n) is 4.37. The van der Waals surface area contributed by atoms with Crippen molar-refractivity contribution >= 4 is 5.78 Å². The van der Waals surface area contributed by atoms with Gasteiger partial charge in [0.15, 0.2) is 0 Å². The molecule has 0 atom stereocenters. The third-order valence-corrected chi connectivity index (χ3v) is 2.94. The second-order valence-corrected chi connectivity index (χ2v) is 3.83. The normalized spacial score (nSPS) is 25.5. The maximum Gasteiger partial charge on any atom is 0.248 e. The van der Waals surface area contributed by atoms with Crippen LogP contribution in [0.15, 0.2) is 0 Å². The second-order valence-electron chi connectivity index (χ2n) is 3.83. The molecular weight excluding hydrogens is 181 g/mol. The zero-order valence-corrected chi connectivity index (χ0v) is 7.58. The third kappa shape index (κ3) is 2.03. The summed E-state index contributed by atoms with van der Waals surface area (Å²) < 4.78 is 38.0. The maximum atomic E-state index is 12.7. The molecule has 0 N–H and O–H groups in total. The van der Waals surface area contributed by atoms with Crippen molar-refractivity contribution in [3.05, 3.63) is 0 Å². The first kappa shape index (κ1) is 10.5. The SMILES string of the molecule is CC(=O)C1(CF)CCC(F)(F)CC1. The summed E-state index contributed by atoms with van der Waals surface area (Å²) in [6.07, 6.45) is -0.773. The number of hydrogen-bond acceptors (Lipinski definition) is 1. The molecule has 76 valence electrons. The predicted molar refractivity (Wildman–Crippen MR) is 42.5 cm³/mol. The van der Waals surface area contributed by atoms with Gasteiger partial charge in [-0.3, -0.25) is 9.18 Å². The molecule has 13 heavy (non-hydrogen) atoms. The van der Waals surface area contributed by atoms with Gasteiger partial charge in [-0.25, -0.2) is 8.78 Å². The number of hydrogen-bond donors (Lipinski definition) is 0. The molecule has 0 heterocycles. The molecule has 1 fully saturated rings. The maximum absolute atomic E-state index is 12.7. The van der Waals surface area contributed by atoms with Gasteiger partial charge in [0.05, 0.1) is 5.41 Å². The summed E-state index contributed by atoms with van der Waals surface area (Å²) in [5.74, 6) is -3.00. The molecule has 0 aromatic heterocycles. The Morgan fingerprint density at radius 1 is 1.23 bits per heavy atom. The standard InChI is InChI=1S/C9H13F3O/c1-7(13)8(6-10)2-4-9(11,12)5-3-8/h2-6H2,1H3. The van der Waals surface area contributed by atoms with E-state index < -0.39 is 18.0 Å². The number of ketones is 1. The van der Waals surface area contributed by atoms with E-state index >= 15 is 0 Å². The van der Waals surface area contributed by atoms with Gasteiger partial charge >= 0.3 is 0 Å². The summed E-state index contributed by atoms with van der Waals surface area (Å²) in [6, 6.07) is 0. The molecule has 0 bridgehead atoms. The van der Waals surface area contributed by atoms with Crippen LogP contribution in [0, 0.1) is 5.41 Å². The largest absolute Gasteiger partial charge is 0.299 e. The topological polar surface area (TPSA) is 17.1 Å². The lowest BCUT2D eigenvalue weighted by Gasteiger charge is -2.35. The van der Waals surface area contributed by atoms with E-state index in [0.29, 0.717) is 0 Å². The fourth-order valence-electron chi connectivity index (χ4n) is 1.67. The minimum Gasteiger partial charge on any atom is -0.299 e. The highest BCUT2D eigenvalue weighted by atomic mass is 19.3. The molecule has 1 aliphatic rings. The van der Waals surface area contributed by atoms with E-state index in [-0.39, 0.29) is 31.5 Å². The number of rotatable bonds is 2. The Morgan fingerprint density at radius 3 is 2.00 bits per heavy atom. The van der Waals surface area contributed by atoms with Crippen LogP contribution < -0.4 is 0 Å². The highest BCUT2D eigenvalue weighted by Gasteiger charge is 2.46. The minimum atomic E-state index is -2.70. The zero-order valence-electron chi connectivity index (χ0n) is 7.58. The van der Waals surface area contributed by atoms with Gasteiger partial charge in [-0.2, -0.15) is 0 Å². The first-order valence-corrected chi connectivity index (χ1v) is 4.37. The van der Waals surface area contributed by atoms with Crippen molar-refractivity contribution in [2.24, 2.45) is 5.41 Å². The molecule has 4 heteroatoms. The molecule has 0 radical (unpaired) electrons. The molecule has 0 unspecified atom stereocenters. The Kier molecular flexibility index (Phi) is 2.68. The van der Waals surface area contributed by atoms with Crippen LogP contribution in [-0.2, 0) is 4.79 Å². The van der Waals surface area contributed by atoms with Crippen molar-refractivity contribution in [1.82, 2.24) is 0 Å². The van der Waals surface area contributed by atoms with Crippen LogP contribution in [0.1, 0.15) is 32.6 Å². The lowest BCUT2D eigenvalue weighted by atomic mass is 9.71. The van der Waals surface area contributed by atoms with Gasteiger partial charge in [-0.05, 0) is 19.8 Å². The van der Waals surface area contributed by atoms with Gasteiger partial charge in [-0.1, -0.05) is 0 Å². The minimum absolute atomic E-state index is 0.0220. The molecule has 1 aliphatic carbocycles. The molecule has 0 amide bonds. The Hall–Kier alpha value is -0.540. The Labute approximate surface area is 75.3 Å². The molecular formula is C9H13F3O. The molecule has 0 aliphatic heterocycles. The van der Waals surface area contributed by atoms with Crippen molar-refractivity contribution in [1.29, 1.82) is 0 Å². The smallest absolute Gasteiger partial charge is 0.248 e. The fraction of sp³-hybridized carbons (Fsp3) is 0.889. The molecule has 1 saturated carbocycles. The highest BCUT2D eigenvalue weighted by Crippen LogP contribution is 2.44. The van der Waals surface area contributed by atoms with E-state index in [0.717, 1.165) is 0 Å². The van der Waals surface area contributed by atoms with Gasteiger partial charge in [0.1, 0.15) is 12.5 Å². The monoisotopic (exact) mass is 194 g/mol. The van der Waals surface area contributed by atoms with Crippen LogP contribution in [0.25, 0.3) is 0 Å². The number of halogens is 3. The van der Waals surface area contributed by atoms with Gasteiger partial charge < -0.3 is 0 Å². The number of carbonyl (C=O) groups is 1. The van der Waals surface area contributed by atoms with Crippen LogP contribution in [0.4, 0.5) is 13.2 Å². The van der Waals surface area contributed by atoms with Crippen molar-refractivity contribution in [2.45, 2.75) is 38.5 Å². The van der Waals surface area contributed by atoms with Crippen molar-refractivity contribution < 1.29 is 18.0 Å². The van der Waals surface area contributed by atoms with Crippen LogP contribution in [0.5, 0.6) is 0 Å². The summed E-state index contributed by atoms with van der Waals surface area (Å²) in [6.45, 7) is 0.474. The van der Waals surface area contributed by atoms with Crippen molar-refractivity contribution in [3.8, 4) is 0 Å². The van der Waals surface area contributed by atoms with Crippen LogP contribution in [0.3, 0.4) is 0 Å². The zero-order chi connectivity index (χ0) is 10.1. The van der Waals surface area contributed by atoms with Crippen LogP contribution in [0.2, 0.25) is 0 Å². The van der Waals surface area contributed by atoms with E-state index in [1.165, 1.54) is 6.92 Å². The van der Waals surface area contributed by atoms with Gasteiger partial charge in [0.2, 0.25) is 5.92 Å². The number of alkyl halides is 3. The summed E-state index contributed by atoms with van der Waals surface area (Å²) in [7, 11) is 0. The lowest BCUT2D eigenvalue weighted by molar-refractivity contribution is -0.136. The van der Waals surface area contributed by atoms with Crippen LogP contribution >= 0.6 is 0 Å². The van der Waals surface area contributed by atoms with Gasteiger partial charge in [0, 0.05) is 12.8 Å². The summed E-state index contributed by atoms with van der Waals surface area (Å²) in [5.41, 5.74) is -1.11. The van der Waals surface area contributed by atoms with Crippen LogP contribution in [-0.4, -0.2) is 18.4 Å². The Bertz CT molecular complexity index is 203. The molecule has 1 rings (SSSR count). The summed E-state index contributed by atoms with van der Waals surface area (Å²) in [4.78, 5) is 11.1. The summed E-state index contributed by atoms with van der Waals surface area (Å²) >= 11 is 0. The van der Waals surface area contributed by atoms with E-state index in [2.05, 4.69) is 0 Å². The molecule has 0 aromatic rings. The molecule has 0 aromatic carbocycles. The van der Waals surface area contributed by atoms with Crippen molar-refractivity contribution in [3.63, 3.8) is 0 Å². The quantitative estimate of drug-likeness (QED) is 0.660. The predicted octanol–water partition coefficient (Wildman–Crippen LogP) is 2.74. The second kappa shape index (κ2) is 3.31. The number of carbonyl (C=O) groups excluding carboxylic acids is 1. The van der Waals surface area contributed by atoms with Crippen molar-refractivity contribution in [2.75, 3.05) is 6.67 Å².